The molecule has 0 spiro atoms. The first kappa shape index (κ1) is 8.87. The van der Waals surface area contributed by atoms with Crippen LogP contribution < -0.4 is 17.7 Å². The molecule has 0 aliphatic rings. The number of rotatable bonds is 0. The highest BCUT2D eigenvalue weighted by molar-refractivity contribution is 3.35. The number of hydrogen-bond donors (Lipinski definition) is 1. The molecule has 28 valence electrons. The maximum atomic E-state index is 2.00. The Hall–Kier alpha value is 0.250. The van der Waals surface area contributed by atoms with Gasteiger partial charge in [-0.05, 0) is 0 Å². The van der Waals surface area contributed by atoms with Gasteiger partial charge in [0.25, 0.3) is 0 Å². The van der Waals surface area contributed by atoms with Crippen LogP contribution in [0.1, 0.15) is 0 Å². The van der Waals surface area contributed by atoms with E-state index in [-0.39, 0.29) is 12.4 Å². The number of hydrogen-bond acceptors (Lipinski definition) is 0. The number of halogens is 1. The predicted octanol–water partition coefficient (Wildman–Crippen LogP) is -4.19. The van der Waals surface area contributed by atoms with E-state index in [1.165, 1.54) is 0 Å². The molecule has 0 radical (unpaired) electrons. The third-order valence-corrected chi connectivity index (χ3v) is 0. The summed E-state index contributed by atoms with van der Waals surface area (Å²) < 4.78 is 0. The van der Waals surface area contributed by atoms with Crippen LogP contribution >= 0.6 is 0 Å². The standard InChI is InChI=1S/C2H7N.ClH/c1-3-2;/h3H,1-2H3;1H. The topological polar surface area (TPSA) is 16.6 Å². The minimum absolute atomic E-state index is 0. The molecule has 0 rings (SSSR count). The van der Waals surface area contributed by atoms with Crippen LogP contribution in [0, 0.1) is 0 Å². The van der Waals surface area contributed by atoms with Crippen molar-refractivity contribution in [1.82, 2.24) is 0 Å². The molecule has 2 N–H and O–H groups in total. The molecule has 0 unspecified atom stereocenters. The van der Waals surface area contributed by atoms with Gasteiger partial charge >= 0.3 is 0 Å². The average molecular weight is 81.5 g/mol. The lowest BCUT2D eigenvalue weighted by Gasteiger charge is -1.57. The SMILES string of the molecule is C[NH2+]C.[Cl-]. The van der Waals surface area contributed by atoms with Gasteiger partial charge in [-0.15, -0.1) is 0 Å². The van der Waals surface area contributed by atoms with Gasteiger partial charge in [0.1, 0.15) is 0 Å². The fourth-order valence-electron chi connectivity index (χ4n) is 0. The third kappa shape index (κ3) is 56.3. The normalized spacial score (nSPS) is 4.50. The highest BCUT2D eigenvalue weighted by Gasteiger charge is 1.29. The Morgan fingerprint density at radius 1 is 1.25 bits per heavy atom. The van der Waals surface area contributed by atoms with Crippen molar-refractivity contribution in [2.75, 3.05) is 14.1 Å². The molecule has 0 aromatic carbocycles. The van der Waals surface area contributed by atoms with E-state index in [4.69, 9.17) is 0 Å². The van der Waals surface area contributed by atoms with Crippen LogP contribution in [0.15, 0.2) is 0 Å². The Balaban J connectivity index is 0. The fraction of sp³-hybridized carbons (Fsp3) is 1.00. The van der Waals surface area contributed by atoms with Crippen LogP contribution in [0.4, 0.5) is 0 Å². The number of nitrogens with two attached hydrogens (primary N) is 1. The zero-order valence-electron chi connectivity index (χ0n) is 2.96. The van der Waals surface area contributed by atoms with Crippen molar-refractivity contribution >= 4 is 0 Å². The predicted molar refractivity (Wildman–Crippen MR) is 13.8 cm³/mol. The molecule has 0 aromatic rings. The molecule has 0 fully saturated rings. The summed E-state index contributed by atoms with van der Waals surface area (Å²) in [6, 6.07) is 0. The summed E-state index contributed by atoms with van der Waals surface area (Å²) in [5.41, 5.74) is 0. The summed E-state index contributed by atoms with van der Waals surface area (Å²) in [5.74, 6) is 0. The van der Waals surface area contributed by atoms with E-state index in [9.17, 15) is 0 Å². The van der Waals surface area contributed by atoms with Gasteiger partial charge in [0.15, 0.2) is 0 Å². The Kier molecular flexibility index (Phi) is 23.3. The Bertz CT molecular complexity index is 6.00. The average Bonchev–Trinajstić information content (AvgIpc) is 0.918. The highest BCUT2D eigenvalue weighted by Crippen LogP contribution is 0.586. The van der Waals surface area contributed by atoms with Gasteiger partial charge in [-0.2, -0.15) is 0 Å². The summed E-state index contributed by atoms with van der Waals surface area (Å²) in [7, 11) is 4.00. The van der Waals surface area contributed by atoms with E-state index >= 15 is 0 Å². The lowest BCUT2D eigenvalue weighted by molar-refractivity contribution is -0.597. The van der Waals surface area contributed by atoms with E-state index in [2.05, 4.69) is 0 Å². The van der Waals surface area contributed by atoms with Crippen LogP contribution in [0.3, 0.4) is 0 Å². The van der Waals surface area contributed by atoms with E-state index in [1.807, 2.05) is 19.4 Å². The molecule has 0 saturated heterocycles. The largest absolute Gasteiger partial charge is 1.00 e. The molecule has 0 heterocycles. The van der Waals surface area contributed by atoms with Crippen molar-refractivity contribution in [3.63, 3.8) is 0 Å². The summed E-state index contributed by atoms with van der Waals surface area (Å²) in [6.45, 7) is 0. The van der Waals surface area contributed by atoms with Crippen LogP contribution in [-0.2, 0) is 0 Å². The zero-order chi connectivity index (χ0) is 2.71. The quantitative estimate of drug-likeness (QED) is 0.305. The van der Waals surface area contributed by atoms with E-state index < -0.39 is 0 Å². The Labute approximate surface area is 32.8 Å². The van der Waals surface area contributed by atoms with E-state index in [0.717, 1.165) is 0 Å². The van der Waals surface area contributed by atoms with Crippen molar-refractivity contribution in [2.24, 2.45) is 0 Å². The molecule has 1 nitrogen and oxygen atoms in total. The minimum atomic E-state index is 0. The minimum Gasteiger partial charge on any atom is -1.00 e. The van der Waals surface area contributed by atoms with Crippen LogP contribution in [0.2, 0.25) is 0 Å². The second-order valence-corrected chi connectivity index (χ2v) is 0.577. The number of quaternary nitrogens is 1. The van der Waals surface area contributed by atoms with E-state index in [1.54, 1.807) is 0 Å². The second kappa shape index (κ2) is 10.5. The van der Waals surface area contributed by atoms with Gasteiger partial charge in [-0.25, -0.2) is 0 Å². The molecule has 0 amide bonds. The zero-order valence-corrected chi connectivity index (χ0v) is 3.71. The molecule has 0 aromatic heterocycles. The van der Waals surface area contributed by atoms with Gasteiger partial charge in [0, 0.05) is 0 Å². The van der Waals surface area contributed by atoms with Gasteiger partial charge in [0.05, 0.1) is 14.1 Å². The van der Waals surface area contributed by atoms with Crippen molar-refractivity contribution < 1.29 is 17.7 Å². The van der Waals surface area contributed by atoms with Gasteiger partial charge < -0.3 is 17.7 Å². The van der Waals surface area contributed by atoms with E-state index in [0.29, 0.717) is 0 Å². The lowest BCUT2D eigenvalue weighted by atomic mass is 11.3. The monoisotopic (exact) mass is 81.0 g/mol. The lowest BCUT2D eigenvalue weighted by Crippen LogP contribution is -3.00. The fourth-order valence-corrected chi connectivity index (χ4v) is 0. The first-order valence-electron chi connectivity index (χ1n) is 1.15. The van der Waals surface area contributed by atoms with Gasteiger partial charge in [-0.1, -0.05) is 0 Å². The molecule has 0 aliphatic carbocycles. The third-order valence-electron chi connectivity index (χ3n) is 0. The summed E-state index contributed by atoms with van der Waals surface area (Å²) >= 11 is 0. The van der Waals surface area contributed by atoms with Gasteiger partial charge in [0.2, 0.25) is 0 Å². The Morgan fingerprint density at radius 2 is 1.25 bits per heavy atom. The van der Waals surface area contributed by atoms with Crippen molar-refractivity contribution in [1.29, 1.82) is 0 Å². The van der Waals surface area contributed by atoms with Crippen LogP contribution in [-0.4, -0.2) is 14.1 Å². The maximum absolute atomic E-state index is 2.00. The van der Waals surface area contributed by atoms with Crippen molar-refractivity contribution in [3.05, 3.63) is 0 Å². The van der Waals surface area contributed by atoms with Crippen molar-refractivity contribution in [2.45, 2.75) is 0 Å². The second-order valence-electron chi connectivity index (χ2n) is 0.577. The molecule has 0 bridgehead atoms. The summed E-state index contributed by atoms with van der Waals surface area (Å²) in [6.07, 6.45) is 0. The molecule has 0 aliphatic heterocycles. The van der Waals surface area contributed by atoms with Crippen LogP contribution in [0.5, 0.6) is 0 Å². The molecule has 4 heavy (non-hydrogen) atoms. The molecular weight excluding hydrogens is 73.5 g/mol. The first-order valence-corrected chi connectivity index (χ1v) is 1.15. The maximum Gasteiger partial charge on any atom is 0.0647 e. The van der Waals surface area contributed by atoms with Crippen LogP contribution in [0.25, 0.3) is 0 Å². The smallest absolute Gasteiger partial charge is 0.0647 e. The first-order chi connectivity index (χ1) is 1.41. The summed E-state index contributed by atoms with van der Waals surface area (Å²) in [4.78, 5) is 0. The molecule has 0 atom stereocenters. The van der Waals surface area contributed by atoms with Gasteiger partial charge in [-0.3, -0.25) is 0 Å². The molecule has 2 heteroatoms. The highest BCUT2D eigenvalue weighted by atomic mass is 35.5. The molecular formula is C2H8ClN. The Morgan fingerprint density at radius 3 is 1.25 bits per heavy atom. The summed E-state index contributed by atoms with van der Waals surface area (Å²) in [5, 5.41) is 2.00. The van der Waals surface area contributed by atoms with Crippen molar-refractivity contribution in [3.8, 4) is 0 Å². The molecule has 0 saturated carbocycles.